The van der Waals surface area contributed by atoms with Gasteiger partial charge in [0.05, 0.1) is 6.54 Å². The van der Waals surface area contributed by atoms with Crippen LogP contribution in [0, 0.1) is 17.8 Å². The standard InChI is InChI=1S/C27H32N4O2/c1-2-3-17-31-25(32)27(29-26(31)33,15-7-11-22-9-5-4-6-10-22)24-13-18-30(19-14-24)21-23-12-8-16-28-20-23/h4-6,8-10,12,16,20,24H,7,11,13-15,17-19,21H2,1H3,(H,29,33)/t27-/m1/s1. The number of benzene rings is 1. The maximum Gasteiger partial charge on any atom is 0.325 e. The number of likely N-dealkylation sites (tertiary alicyclic amines) is 1. The summed E-state index contributed by atoms with van der Waals surface area (Å²) >= 11 is 0. The van der Waals surface area contributed by atoms with Gasteiger partial charge in [0.25, 0.3) is 5.91 Å². The molecule has 3 amide bonds. The van der Waals surface area contributed by atoms with E-state index in [0.29, 0.717) is 6.42 Å². The van der Waals surface area contributed by atoms with E-state index in [1.165, 1.54) is 16.0 Å². The Morgan fingerprint density at radius 3 is 2.55 bits per heavy atom. The van der Waals surface area contributed by atoms with Crippen LogP contribution in [0.1, 0.15) is 43.7 Å². The number of pyridine rings is 1. The summed E-state index contributed by atoms with van der Waals surface area (Å²) in [7, 11) is 0. The molecule has 1 N–H and O–H groups in total. The molecule has 2 fully saturated rings. The van der Waals surface area contributed by atoms with Crippen molar-refractivity contribution in [3.63, 3.8) is 0 Å². The molecular formula is C27H32N4O2. The molecule has 2 aliphatic heterocycles. The minimum Gasteiger partial charge on any atom is -0.323 e. The van der Waals surface area contributed by atoms with E-state index in [1.54, 1.807) is 13.1 Å². The third kappa shape index (κ3) is 5.26. The normalized spacial score (nSPS) is 21.5. The molecule has 1 aromatic carbocycles. The largest absolute Gasteiger partial charge is 0.325 e. The van der Waals surface area contributed by atoms with E-state index in [2.05, 4.69) is 45.2 Å². The van der Waals surface area contributed by atoms with E-state index in [1.807, 2.05) is 30.5 Å². The topological polar surface area (TPSA) is 65.5 Å². The predicted octanol–water partition coefficient (Wildman–Crippen LogP) is 3.63. The number of carbonyl (C=O) groups is 2. The molecule has 0 aliphatic carbocycles. The molecule has 0 bridgehead atoms. The maximum absolute atomic E-state index is 13.6. The summed E-state index contributed by atoms with van der Waals surface area (Å²) in [6.45, 7) is 4.54. The average Bonchev–Trinajstić information content (AvgIpc) is 3.09. The number of carbonyl (C=O) groups excluding carboxylic acids is 2. The van der Waals surface area contributed by atoms with Crippen LogP contribution in [0.2, 0.25) is 0 Å². The minimum atomic E-state index is -0.832. The molecule has 0 unspecified atom stereocenters. The maximum atomic E-state index is 13.6. The quantitative estimate of drug-likeness (QED) is 0.499. The number of amides is 3. The highest BCUT2D eigenvalue weighted by molar-refractivity contribution is 6.07. The van der Waals surface area contributed by atoms with Gasteiger partial charge in [0.2, 0.25) is 0 Å². The van der Waals surface area contributed by atoms with Gasteiger partial charge in [-0.1, -0.05) is 42.3 Å². The van der Waals surface area contributed by atoms with Crippen LogP contribution in [-0.4, -0.2) is 51.9 Å². The van der Waals surface area contributed by atoms with Crippen molar-refractivity contribution in [3.05, 3.63) is 66.0 Å². The molecule has 1 aromatic heterocycles. The third-order valence-electron chi connectivity index (χ3n) is 6.91. The first-order chi connectivity index (χ1) is 16.1. The SMILES string of the molecule is CC#CCN1C(=O)N[C@](CCCc2ccccc2)(C2CCN(Cc3cccnc3)CC2)C1=O. The lowest BCUT2D eigenvalue weighted by Crippen LogP contribution is -2.56. The molecule has 0 saturated carbocycles. The van der Waals surface area contributed by atoms with Crippen LogP contribution < -0.4 is 5.32 Å². The van der Waals surface area contributed by atoms with E-state index in [9.17, 15) is 9.59 Å². The number of nitrogens with zero attached hydrogens (tertiary/aromatic N) is 3. The molecule has 4 rings (SSSR count). The molecule has 0 radical (unpaired) electrons. The number of hydrogen-bond acceptors (Lipinski definition) is 4. The summed E-state index contributed by atoms with van der Waals surface area (Å²) in [6.07, 6.45) is 7.84. The highest BCUT2D eigenvalue weighted by atomic mass is 16.2. The van der Waals surface area contributed by atoms with Crippen molar-refractivity contribution in [2.45, 2.75) is 51.1 Å². The Kier molecular flexibility index (Phi) is 7.41. The Balaban J connectivity index is 1.46. The zero-order valence-electron chi connectivity index (χ0n) is 19.3. The zero-order valence-corrected chi connectivity index (χ0v) is 19.3. The van der Waals surface area contributed by atoms with Crippen LogP contribution in [0.3, 0.4) is 0 Å². The van der Waals surface area contributed by atoms with Gasteiger partial charge < -0.3 is 5.32 Å². The van der Waals surface area contributed by atoms with Crippen molar-refractivity contribution in [3.8, 4) is 11.8 Å². The Morgan fingerprint density at radius 1 is 1.09 bits per heavy atom. The number of aryl methyl sites for hydroxylation is 1. The molecule has 172 valence electrons. The van der Waals surface area contributed by atoms with Crippen LogP contribution in [0.5, 0.6) is 0 Å². The number of urea groups is 1. The lowest BCUT2D eigenvalue weighted by Gasteiger charge is -2.41. The smallest absolute Gasteiger partial charge is 0.323 e. The van der Waals surface area contributed by atoms with Crippen molar-refractivity contribution in [1.82, 2.24) is 20.1 Å². The van der Waals surface area contributed by atoms with E-state index in [4.69, 9.17) is 0 Å². The summed E-state index contributed by atoms with van der Waals surface area (Å²) in [6, 6.07) is 14.1. The van der Waals surface area contributed by atoms with Gasteiger partial charge in [-0.05, 0) is 75.2 Å². The van der Waals surface area contributed by atoms with Gasteiger partial charge in [-0.2, -0.15) is 0 Å². The van der Waals surface area contributed by atoms with E-state index in [-0.39, 0.29) is 24.4 Å². The average molecular weight is 445 g/mol. The molecule has 2 aromatic rings. The van der Waals surface area contributed by atoms with Crippen molar-refractivity contribution in [2.24, 2.45) is 5.92 Å². The summed E-state index contributed by atoms with van der Waals surface area (Å²) in [4.78, 5) is 34.3. The fraction of sp³-hybridized carbons (Fsp3) is 0.444. The van der Waals surface area contributed by atoms with Gasteiger partial charge in [-0.15, -0.1) is 5.92 Å². The van der Waals surface area contributed by atoms with Crippen LogP contribution in [-0.2, 0) is 17.8 Å². The van der Waals surface area contributed by atoms with Crippen LogP contribution in [0.15, 0.2) is 54.9 Å². The number of rotatable bonds is 8. The van der Waals surface area contributed by atoms with Crippen LogP contribution in [0.4, 0.5) is 4.79 Å². The van der Waals surface area contributed by atoms with Crippen molar-refractivity contribution in [2.75, 3.05) is 19.6 Å². The first kappa shape index (κ1) is 23.0. The number of nitrogens with one attached hydrogen (secondary N) is 1. The van der Waals surface area contributed by atoms with Crippen molar-refractivity contribution >= 4 is 11.9 Å². The summed E-state index contributed by atoms with van der Waals surface area (Å²) in [5.41, 5.74) is 1.62. The Bertz CT molecular complexity index is 1010. The number of aromatic nitrogens is 1. The molecule has 3 heterocycles. The molecular weight excluding hydrogens is 412 g/mol. The van der Waals surface area contributed by atoms with Gasteiger partial charge in [0.15, 0.2) is 0 Å². The van der Waals surface area contributed by atoms with Crippen LogP contribution in [0.25, 0.3) is 0 Å². The monoisotopic (exact) mass is 444 g/mol. The second-order valence-corrected chi connectivity index (χ2v) is 8.97. The van der Waals surface area contributed by atoms with Crippen molar-refractivity contribution < 1.29 is 9.59 Å². The van der Waals surface area contributed by atoms with E-state index < -0.39 is 5.54 Å². The molecule has 33 heavy (non-hydrogen) atoms. The van der Waals surface area contributed by atoms with Gasteiger partial charge >= 0.3 is 6.03 Å². The Hall–Kier alpha value is -3.17. The second kappa shape index (κ2) is 10.6. The van der Waals surface area contributed by atoms with Gasteiger partial charge in [-0.25, -0.2) is 4.79 Å². The summed E-state index contributed by atoms with van der Waals surface area (Å²) in [5, 5.41) is 3.14. The molecule has 2 aliphatic rings. The zero-order chi connectivity index (χ0) is 23.1. The van der Waals surface area contributed by atoms with Crippen LogP contribution >= 0.6 is 0 Å². The lowest BCUT2D eigenvalue weighted by molar-refractivity contribution is -0.134. The lowest BCUT2D eigenvalue weighted by atomic mass is 9.74. The number of hydrogen-bond donors (Lipinski definition) is 1. The van der Waals surface area contributed by atoms with Gasteiger partial charge in [0.1, 0.15) is 5.54 Å². The van der Waals surface area contributed by atoms with Crippen molar-refractivity contribution in [1.29, 1.82) is 0 Å². The minimum absolute atomic E-state index is 0.103. The summed E-state index contributed by atoms with van der Waals surface area (Å²) < 4.78 is 0. The Morgan fingerprint density at radius 2 is 1.85 bits per heavy atom. The molecule has 6 nitrogen and oxygen atoms in total. The molecule has 1 atom stereocenters. The fourth-order valence-electron chi connectivity index (χ4n) is 5.15. The molecule has 6 heteroatoms. The van der Waals surface area contributed by atoms with E-state index in [0.717, 1.165) is 45.3 Å². The first-order valence-electron chi connectivity index (χ1n) is 11.8. The summed E-state index contributed by atoms with van der Waals surface area (Å²) in [5.74, 6) is 5.71. The van der Waals surface area contributed by atoms with E-state index >= 15 is 0 Å². The highest BCUT2D eigenvalue weighted by Crippen LogP contribution is 2.37. The predicted molar refractivity (Wildman–Crippen MR) is 128 cm³/mol. The second-order valence-electron chi connectivity index (χ2n) is 8.97. The number of imide groups is 1. The first-order valence-corrected chi connectivity index (χ1v) is 11.8. The fourth-order valence-corrected chi connectivity index (χ4v) is 5.15. The van der Waals surface area contributed by atoms with Gasteiger partial charge in [-0.3, -0.25) is 19.6 Å². The van der Waals surface area contributed by atoms with Gasteiger partial charge in [0, 0.05) is 18.9 Å². The molecule has 2 saturated heterocycles. The molecule has 0 spiro atoms. The highest BCUT2D eigenvalue weighted by Gasteiger charge is 2.55. The number of piperidine rings is 1. The third-order valence-corrected chi connectivity index (χ3v) is 6.91. The Labute approximate surface area is 196 Å².